The Hall–Kier alpha value is -2.64. The average Bonchev–Trinajstić information content (AvgIpc) is 2.41. The number of carboxylic acids is 1. The number of urea groups is 1. The predicted molar refractivity (Wildman–Crippen MR) is 69.1 cm³/mol. The Labute approximate surface area is 114 Å². The summed E-state index contributed by atoms with van der Waals surface area (Å²) in [6.45, 7) is 1.41. The van der Waals surface area contributed by atoms with Crippen molar-refractivity contribution in [2.24, 2.45) is 0 Å². The molecule has 1 aromatic heterocycles. The van der Waals surface area contributed by atoms with Crippen molar-refractivity contribution in [2.45, 2.75) is 13.0 Å². The van der Waals surface area contributed by atoms with Crippen LogP contribution in [0.5, 0.6) is 0 Å². The molecular weight excluding hydrogens is 264 g/mol. The Morgan fingerprint density at radius 1 is 1.50 bits per heavy atom. The Kier molecular flexibility index (Phi) is 3.83. The van der Waals surface area contributed by atoms with Gasteiger partial charge in [0.2, 0.25) is 5.91 Å². The molecule has 1 aliphatic rings. The quantitative estimate of drug-likeness (QED) is 0.694. The van der Waals surface area contributed by atoms with Gasteiger partial charge in [0.05, 0.1) is 11.9 Å². The van der Waals surface area contributed by atoms with Crippen LogP contribution in [-0.4, -0.2) is 52.0 Å². The molecule has 1 saturated heterocycles. The molecule has 1 aromatic rings. The normalized spacial score (nSPS) is 18.4. The van der Waals surface area contributed by atoms with Crippen molar-refractivity contribution in [1.29, 1.82) is 0 Å². The minimum atomic E-state index is -1.16. The van der Waals surface area contributed by atoms with Crippen molar-refractivity contribution >= 4 is 23.6 Å². The minimum Gasteiger partial charge on any atom is -0.480 e. The smallest absolute Gasteiger partial charge is 0.328 e. The van der Waals surface area contributed by atoms with Crippen molar-refractivity contribution in [3.63, 3.8) is 0 Å². The number of rotatable bonds is 2. The van der Waals surface area contributed by atoms with Gasteiger partial charge in [-0.3, -0.25) is 14.7 Å². The lowest BCUT2D eigenvalue weighted by Gasteiger charge is -2.32. The maximum Gasteiger partial charge on any atom is 0.328 e. The standard InChI is InChI=1S/C12H14N4O4/c1-7-2-3-8(4-13-7)15-12(20)16-6-10(17)14-5-9(16)11(18)19/h2-4,9H,5-6H2,1H3,(H,14,17)(H,15,20)(H,18,19). The predicted octanol–water partition coefficient (Wildman–Crippen LogP) is -0.193. The summed E-state index contributed by atoms with van der Waals surface area (Å²) in [6, 6.07) is 1.65. The Morgan fingerprint density at radius 3 is 2.85 bits per heavy atom. The Balaban J connectivity index is 2.10. The molecule has 1 fully saturated rings. The molecule has 0 bridgehead atoms. The molecule has 0 radical (unpaired) electrons. The SMILES string of the molecule is Cc1ccc(NC(=O)N2CC(=O)NCC2C(=O)O)cn1. The molecule has 3 N–H and O–H groups in total. The highest BCUT2D eigenvalue weighted by molar-refractivity contribution is 5.96. The zero-order valence-corrected chi connectivity index (χ0v) is 10.8. The number of anilines is 1. The van der Waals surface area contributed by atoms with E-state index in [9.17, 15) is 14.4 Å². The first-order valence-electron chi connectivity index (χ1n) is 5.97. The number of amides is 3. The monoisotopic (exact) mass is 278 g/mol. The lowest BCUT2D eigenvalue weighted by Crippen LogP contribution is -2.60. The Bertz CT molecular complexity index is 543. The number of nitrogens with zero attached hydrogens (tertiary/aromatic N) is 2. The molecule has 0 aromatic carbocycles. The van der Waals surface area contributed by atoms with E-state index in [1.165, 1.54) is 6.20 Å². The van der Waals surface area contributed by atoms with E-state index in [1.807, 2.05) is 0 Å². The minimum absolute atomic E-state index is 0.103. The van der Waals surface area contributed by atoms with Gasteiger partial charge < -0.3 is 15.7 Å². The number of carbonyl (C=O) groups is 3. The van der Waals surface area contributed by atoms with E-state index in [2.05, 4.69) is 15.6 Å². The first-order chi connectivity index (χ1) is 9.47. The summed E-state index contributed by atoms with van der Waals surface area (Å²) >= 11 is 0. The zero-order chi connectivity index (χ0) is 14.7. The molecule has 1 atom stereocenters. The maximum absolute atomic E-state index is 12.1. The van der Waals surface area contributed by atoms with Crippen LogP contribution in [0.25, 0.3) is 0 Å². The average molecular weight is 278 g/mol. The third-order valence-electron chi connectivity index (χ3n) is 2.89. The fourth-order valence-electron chi connectivity index (χ4n) is 1.81. The van der Waals surface area contributed by atoms with Crippen LogP contribution in [0.3, 0.4) is 0 Å². The molecule has 0 saturated carbocycles. The molecule has 1 unspecified atom stereocenters. The van der Waals surface area contributed by atoms with Gasteiger partial charge in [0, 0.05) is 12.2 Å². The van der Waals surface area contributed by atoms with Gasteiger partial charge >= 0.3 is 12.0 Å². The van der Waals surface area contributed by atoms with E-state index in [-0.39, 0.29) is 19.0 Å². The van der Waals surface area contributed by atoms with Crippen LogP contribution in [0, 0.1) is 6.92 Å². The summed E-state index contributed by atoms with van der Waals surface area (Å²) in [5.74, 6) is -1.55. The Morgan fingerprint density at radius 2 is 2.25 bits per heavy atom. The van der Waals surface area contributed by atoms with Crippen LogP contribution < -0.4 is 10.6 Å². The summed E-state index contributed by atoms with van der Waals surface area (Å²) in [6.07, 6.45) is 1.47. The van der Waals surface area contributed by atoms with Gasteiger partial charge in [0.25, 0.3) is 0 Å². The van der Waals surface area contributed by atoms with Crippen LogP contribution in [0.1, 0.15) is 5.69 Å². The van der Waals surface area contributed by atoms with Crippen molar-refractivity contribution in [1.82, 2.24) is 15.2 Å². The second-order valence-electron chi connectivity index (χ2n) is 4.40. The van der Waals surface area contributed by atoms with Crippen molar-refractivity contribution < 1.29 is 19.5 Å². The van der Waals surface area contributed by atoms with Gasteiger partial charge in [-0.05, 0) is 19.1 Å². The van der Waals surface area contributed by atoms with E-state index in [0.29, 0.717) is 5.69 Å². The van der Waals surface area contributed by atoms with Gasteiger partial charge in [-0.25, -0.2) is 9.59 Å². The lowest BCUT2D eigenvalue weighted by molar-refractivity contribution is -0.144. The number of pyridine rings is 1. The number of carbonyl (C=O) groups excluding carboxylic acids is 2. The number of hydrogen-bond acceptors (Lipinski definition) is 4. The van der Waals surface area contributed by atoms with Gasteiger partial charge in [0.1, 0.15) is 12.6 Å². The molecule has 2 rings (SSSR count). The summed E-state index contributed by atoms with van der Waals surface area (Å²) in [7, 11) is 0. The highest BCUT2D eigenvalue weighted by Crippen LogP contribution is 2.10. The van der Waals surface area contributed by atoms with E-state index < -0.39 is 18.0 Å². The second-order valence-corrected chi connectivity index (χ2v) is 4.40. The van der Waals surface area contributed by atoms with E-state index >= 15 is 0 Å². The second kappa shape index (κ2) is 5.55. The molecule has 106 valence electrons. The number of nitrogens with one attached hydrogen (secondary N) is 2. The van der Waals surface area contributed by atoms with Gasteiger partial charge in [-0.2, -0.15) is 0 Å². The van der Waals surface area contributed by atoms with Crippen LogP contribution in [-0.2, 0) is 9.59 Å². The maximum atomic E-state index is 12.1. The molecular formula is C12H14N4O4. The van der Waals surface area contributed by atoms with Gasteiger partial charge in [-0.1, -0.05) is 0 Å². The first kappa shape index (κ1) is 13.8. The number of piperazine rings is 1. The molecule has 3 amide bonds. The third-order valence-corrected chi connectivity index (χ3v) is 2.89. The van der Waals surface area contributed by atoms with Crippen molar-refractivity contribution in [3.8, 4) is 0 Å². The number of aryl methyl sites for hydroxylation is 1. The molecule has 0 spiro atoms. The summed E-state index contributed by atoms with van der Waals surface area (Å²) < 4.78 is 0. The summed E-state index contributed by atoms with van der Waals surface area (Å²) in [5, 5.41) is 14.0. The molecule has 1 aliphatic heterocycles. The van der Waals surface area contributed by atoms with Crippen LogP contribution in [0.2, 0.25) is 0 Å². The van der Waals surface area contributed by atoms with Crippen molar-refractivity contribution in [2.75, 3.05) is 18.4 Å². The molecule has 8 heteroatoms. The number of aliphatic carboxylic acids is 1. The fraction of sp³-hybridized carbons (Fsp3) is 0.333. The summed E-state index contributed by atoms with van der Waals surface area (Å²) in [5.41, 5.74) is 1.24. The highest BCUT2D eigenvalue weighted by Gasteiger charge is 2.35. The number of aromatic nitrogens is 1. The first-order valence-corrected chi connectivity index (χ1v) is 5.97. The topological polar surface area (TPSA) is 112 Å². The highest BCUT2D eigenvalue weighted by atomic mass is 16.4. The summed E-state index contributed by atoms with van der Waals surface area (Å²) in [4.78, 5) is 39.5. The van der Waals surface area contributed by atoms with E-state index in [1.54, 1.807) is 19.1 Å². The lowest BCUT2D eigenvalue weighted by atomic mass is 10.2. The third kappa shape index (κ3) is 3.02. The van der Waals surface area contributed by atoms with Gasteiger partial charge in [0.15, 0.2) is 0 Å². The van der Waals surface area contributed by atoms with Crippen LogP contribution in [0.15, 0.2) is 18.3 Å². The van der Waals surface area contributed by atoms with E-state index in [4.69, 9.17) is 5.11 Å². The number of carboxylic acid groups (broad SMARTS) is 1. The molecule has 20 heavy (non-hydrogen) atoms. The van der Waals surface area contributed by atoms with Crippen molar-refractivity contribution in [3.05, 3.63) is 24.0 Å². The van der Waals surface area contributed by atoms with Gasteiger partial charge in [-0.15, -0.1) is 0 Å². The molecule has 2 heterocycles. The molecule has 0 aliphatic carbocycles. The van der Waals surface area contributed by atoms with Crippen LogP contribution in [0.4, 0.5) is 10.5 Å². The van der Waals surface area contributed by atoms with E-state index in [0.717, 1.165) is 10.6 Å². The molecule has 8 nitrogen and oxygen atoms in total. The zero-order valence-electron chi connectivity index (χ0n) is 10.8. The van der Waals surface area contributed by atoms with Crippen LogP contribution >= 0.6 is 0 Å². The number of hydrogen-bond donors (Lipinski definition) is 3. The largest absolute Gasteiger partial charge is 0.480 e. The fourth-order valence-corrected chi connectivity index (χ4v) is 1.81.